The zero-order valence-corrected chi connectivity index (χ0v) is 23.0. The zero-order valence-electron chi connectivity index (χ0n) is 19.8. The van der Waals surface area contributed by atoms with Gasteiger partial charge in [0.1, 0.15) is 0 Å². The fourth-order valence-corrected chi connectivity index (χ4v) is 10.4. The molecule has 0 saturated heterocycles. The molecule has 0 aliphatic heterocycles. The molecule has 3 heteroatoms. The Bertz CT molecular complexity index is 659. The van der Waals surface area contributed by atoms with Crippen LogP contribution in [0.3, 0.4) is 0 Å². The van der Waals surface area contributed by atoms with Crippen molar-refractivity contribution < 1.29 is 5.11 Å². The maximum Gasteiger partial charge on any atom is 0.0713 e. The Balaban J connectivity index is 1.53. The molecule has 30 heavy (non-hydrogen) atoms. The van der Waals surface area contributed by atoms with Crippen molar-refractivity contribution in [1.82, 2.24) is 0 Å². The van der Waals surface area contributed by atoms with Gasteiger partial charge in [0.2, 0.25) is 0 Å². The number of hydrogen-bond acceptors (Lipinski definition) is 1. The predicted octanol–water partition coefficient (Wildman–Crippen LogP) is 8.14. The van der Waals surface area contributed by atoms with Crippen LogP contribution in [0.15, 0.2) is 11.6 Å². The van der Waals surface area contributed by atoms with Crippen LogP contribution < -0.4 is 0 Å². The lowest BCUT2D eigenvalue weighted by atomic mass is 9.47. The van der Waals surface area contributed by atoms with Gasteiger partial charge in [-0.25, -0.2) is 0 Å². The smallest absolute Gasteiger partial charge is 0.0713 e. The number of allylic oxidation sites excluding steroid dienone is 1. The number of halogens is 2. The van der Waals surface area contributed by atoms with E-state index in [1.165, 1.54) is 56.9 Å². The van der Waals surface area contributed by atoms with E-state index in [-0.39, 0.29) is 16.3 Å². The van der Waals surface area contributed by atoms with Crippen molar-refractivity contribution in [1.29, 1.82) is 0 Å². The molecule has 1 nitrogen and oxygen atoms in total. The van der Waals surface area contributed by atoms with Gasteiger partial charge in [-0.15, -0.1) is 0 Å². The highest BCUT2D eigenvalue weighted by Crippen LogP contribution is 2.68. The minimum atomic E-state index is -0.262. The van der Waals surface area contributed by atoms with Crippen LogP contribution in [0.25, 0.3) is 0 Å². The minimum absolute atomic E-state index is 0.156. The average Bonchev–Trinajstić information content (AvgIpc) is 3.04. The molecule has 0 spiro atoms. The van der Waals surface area contributed by atoms with Crippen molar-refractivity contribution in [2.45, 2.75) is 108 Å². The maximum absolute atomic E-state index is 10.6. The molecule has 3 fully saturated rings. The number of rotatable bonds is 5. The monoisotopic (exact) mass is 542 g/mol. The Labute approximate surface area is 202 Å². The van der Waals surface area contributed by atoms with Gasteiger partial charge in [-0.1, -0.05) is 97.4 Å². The number of aliphatic hydroxyl groups excluding tert-OH is 1. The van der Waals surface area contributed by atoms with Crippen LogP contribution in [0, 0.1) is 46.3 Å². The van der Waals surface area contributed by atoms with Crippen molar-refractivity contribution in [2.75, 3.05) is 0 Å². The van der Waals surface area contributed by atoms with Gasteiger partial charge in [0, 0.05) is 10.2 Å². The van der Waals surface area contributed by atoms with Gasteiger partial charge in [0.05, 0.1) is 10.9 Å². The largest absolute Gasteiger partial charge is 0.392 e. The summed E-state index contributed by atoms with van der Waals surface area (Å²) in [7, 11) is 0. The molecule has 0 bridgehead atoms. The first-order valence-corrected chi connectivity index (χ1v) is 14.6. The van der Waals surface area contributed by atoms with Gasteiger partial charge in [0.25, 0.3) is 0 Å². The fraction of sp³-hybridized carbons (Fsp3) is 0.926. The zero-order chi connectivity index (χ0) is 21.8. The highest BCUT2D eigenvalue weighted by Gasteiger charge is 2.61. The second kappa shape index (κ2) is 8.79. The van der Waals surface area contributed by atoms with E-state index in [4.69, 9.17) is 0 Å². The summed E-state index contributed by atoms with van der Waals surface area (Å²) in [6.45, 7) is 12.5. The molecule has 0 heterocycles. The third kappa shape index (κ3) is 3.73. The molecule has 4 aliphatic carbocycles. The number of aliphatic hydroxyl groups is 1. The normalized spacial score (nSPS) is 49.2. The van der Waals surface area contributed by atoms with E-state index in [2.05, 4.69) is 72.6 Å². The van der Waals surface area contributed by atoms with Crippen molar-refractivity contribution in [2.24, 2.45) is 46.3 Å². The van der Waals surface area contributed by atoms with Crippen LogP contribution in [0.5, 0.6) is 0 Å². The Kier molecular flexibility index (Phi) is 6.97. The summed E-state index contributed by atoms with van der Waals surface area (Å²) in [5.41, 5.74) is 2.27. The van der Waals surface area contributed by atoms with Crippen LogP contribution in [-0.2, 0) is 0 Å². The summed E-state index contributed by atoms with van der Waals surface area (Å²) in [6.07, 6.45) is 14.3. The van der Waals surface area contributed by atoms with Crippen LogP contribution in [0.4, 0.5) is 0 Å². The first-order valence-electron chi connectivity index (χ1n) is 12.8. The van der Waals surface area contributed by atoms with Gasteiger partial charge in [-0.05, 0) is 79.4 Å². The van der Waals surface area contributed by atoms with Gasteiger partial charge in [0.15, 0.2) is 0 Å². The van der Waals surface area contributed by atoms with Crippen molar-refractivity contribution >= 4 is 31.9 Å². The molecule has 172 valence electrons. The molecule has 0 amide bonds. The standard InChI is InChI=1S/C27H44Br2O/c1-16(2)7-6-8-17(3)20-11-12-21-19-10-9-18-15-23(30)24(28)25(29)27(18,5)22(19)13-14-26(20,21)4/h9,16-17,19-25,30H,6-8,10-15H2,1-5H3/t17-,19+,20-,21+,22+,23?,24?,25?,26-,27+/m1/s1. The quantitative estimate of drug-likeness (QED) is 0.274. The summed E-state index contributed by atoms with van der Waals surface area (Å²) < 4.78 is 0. The molecule has 10 atom stereocenters. The number of hydrogen-bond donors (Lipinski definition) is 1. The molecule has 3 saturated carbocycles. The highest BCUT2D eigenvalue weighted by atomic mass is 79.9. The van der Waals surface area contributed by atoms with E-state index < -0.39 is 0 Å². The van der Waals surface area contributed by atoms with Gasteiger partial charge < -0.3 is 5.11 Å². The third-order valence-corrected chi connectivity index (χ3v) is 13.8. The van der Waals surface area contributed by atoms with Crippen LogP contribution in [0.2, 0.25) is 0 Å². The summed E-state index contributed by atoms with van der Waals surface area (Å²) in [4.78, 5) is 0.480. The first kappa shape index (κ1) is 23.8. The third-order valence-electron chi connectivity index (χ3n) is 10.4. The lowest BCUT2D eigenvalue weighted by molar-refractivity contribution is -0.0529. The van der Waals surface area contributed by atoms with Crippen molar-refractivity contribution in [3.05, 3.63) is 11.6 Å². The Hall–Kier alpha value is 0.660. The summed E-state index contributed by atoms with van der Waals surface area (Å²) in [5.74, 6) is 5.13. The van der Waals surface area contributed by atoms with Gasteiger partial charge in [-0.3, -0.25) is 0 Å². The molecule has 0 aromatic carbocycles. The lowest BCUT2D eigenvalue weighted by Gasteiger charge is -2.60. The topological polar surface area (TPSA) is 20.2 Å². The van der Waals surface area contributed by atoms with Gasteiger partial charge >= 0.3 is 0 Å². The van der Waals surface area contributed by atoms with E-state index in [1.807, 2.05) is 0 Å². The van der Waals surface area contributed by atoms with E-state index in [1.54, 1.807) is 0 Å². The molecule has 3 unspecified atom stereocenters. The van der Waals surface area contributed by atoms with Gasteiger partial charge in [-0.2, -0.15) is 0 Å². The van der Waals surface area contributed by atoms with Crippen LogP contribution in [0.1, 0.15) is 92.4 Å². The van der Waals surface area contributed by atoms with Crippen LogP contribution >= 0.6 is 31.9 Å². The first-order chi connectivity index (χ1) is 14.1. The van der Waals surface area contributed by atoms with Crippen molar-refractivity contribution in [3.63, 3.8) is 0 Å². The predicted molar refractivity (Wildman–Crippen MR) is 135 cm³/mol. The maximum atomic E-state index is 10.6. The Morgan fingerprint density at radius 3 is 2.50 bits per heavy atom. The highest BCUT2D eigenvalue weighted by molar-refractivity contribution is 9.12. The number of alkyl halides is 2. The molecule has 4 rings (SSSR count). The summed E-state index contributed by atoms with van der Waals surface area (Å²) >= 11 is 7.91. The summed E-state index contributed by atoms with van der Waals surface area (Å²) in [6, 6.07) is 0. The second-order valence-electron chi connectivity index (χ2n) is 12.3. The minimum Gasteiger partial charge on any atom is -0.392 e. The molecular weight excluding hydrogens is 500 g/mol. The lowest BCUT2D eigenvalue weighted by Crippen LogP contribution is -2.57. The number of fused-ring (bicyclic) bond motifs is 5. The molecule has 0 aromatic heterocycles. The molecule has 1 N–H and O–H groups in total. The molecule has 0 radical (unpaired) electrons. The fourth-order valence-electron chi connectivity index (χ4n) is 8.67. The molecule has 0 aromatic rings. The average molecular weight is 544 g/mol. The van der Waals surface area contributed by atoms with E-state index >= 15 is 0 Å². The summed E-state index contributed by atoms with van der Waals surface area (Å²) in [5, 5.41) is 10.6. The molecule has 4 aliphatic rings. The second-order valence-corrected chi connectivity index (χ2v) is 14.3. The van der Waals surface area contributed by atoms with E-state index in [0.717, 1.165) is 41.9 Å². The van der Waals surface area contributed by atoms with Crippen molar-refractivity contribution in [3.8, 4) is 0 Å². The Morgan fingerprint density at radius 1 is 1.07 bits per heavy atom. The van der Waals surface area contributed by atoms with E-state index in [9.17, 15) is 5.11 Å². The SMILES string of the molecule is CC(C)CCC[C@@H](C)[C@H]1CC[C@H]2[C@@H]3CC=C4CC(O)C(Br)C(Br)[C@]4(C)[C@H]3CC[C@]12C. The van der Waals surface area contributed by atoms with Crippen LogP contribution in [-0.4, -0.2) is 20.9 Å². The van der Waals surface area contributed by atoms with E-state index in [0.29, 0.717) is 10.2 Å². The Morgan fingerprint density at radius 2 is 1.80 bits per heavy atom. The molecular formula is C27H44Br2O.